The lowest BCUT2D eigenvalue weighted by molar-refractivity contribution is -0.144. The fourth-order valence-corrected chi connectivity index (χ4v) is 3.03. The quantitative estimate of drug-likeness (QED) is 0.249. The van der Waals surface area contributed by atoms with E-state index in [0.29, 0.717) is 11.4 Å². The standard InChI is InChI=1S/C21H14F6N8.C2H6/c22-20(23,24)14-4-2-13(3-5-14)15-9-17-33-18(21(25,26)27)34-35(17)19(32-15)30-8-7-29-16-6-1-12(10-28)11-31-16;1-2/h1-6,9,11H,7-8H2,(H,29,31)(H,30,32);1-2H3. The van der Waals surface area contributed by atoms with Crippen LogP contribution in [0.1, 0.15) is 30.8 Å². The van der Waals surface area contributed by atoms with Gasteiger partial charge in [-0.05, 0) is 24.3 Å². The number of nitriles is 1. The minimum Gasteiger partial charge on any atom is -0.368 e. The Morgan fingerprint density at radius 2 is 1.57 bits per heavy atom. The molecule has 4 aromatic rings. The summed E-state index contributed by atoms with van der Waals surface area (Å²) in [4.78, 5) is 11.8. The van der Waals surface area contributed by atoms with E-state index in [0.717, 1.165) is 16.6 Å². The van der Waals surface area contributed by atoms with E-state index < -0.39 is 23.7 Å². The van der Waals surface area contributed by atoms with Crippen molar-refractivity contribution in [2.45, 2.75) is 26.2 Å². The number of aromatic nitrogens is 5. The summed E-state index contributed by atoms with van der Waals surface area (Å²) in [6.45, 7) is 4.44. The van der Waals surface area contributed by atoms with Crippen LogP contribution in [0.15, 0.2) is 48.7 Å². The molecule has 0 spiro atoms. The molecule has 194 valence electrons. The molecule has 4 rings (SSSR count). The van der Waals surface area contributed by atoms with E-state index in [2.05, 4.69) is 30.7 Å². The van der Waals surface area contributed by atoms with E-state index in [4.69, 9.17) is 5.26 Å². The summed E-state index contributed by atoms with van der Waals surface area (Å²) in [7, 11) is 0. The number of pyridine rings is 1. The third-order valence-electron chi connectivity index (χ3n) is 4.69. The zero-order valence-corrected chi connectivity index (χ0v) is 19.5. The Labute approximate surface area is 207 Å². The van der Waals surface area contributed by atoms with Crippen LogP contribution in [0, 0.1) is 11.3 Å². The summed E-state index contributed by atoms with van der Waals surface area (Å²) in [5, 5.41) is 18.1. The maximum absolute atomic E-state index is 13.2. The number of nitrogens with one attached hydrogen (secondary N) is 2. The fraction of sp³-hybridized carbons (Fsp3) is 0.261. The Morgan fingerprint density at radius 3 is 2.14 bits per heavy atom. The number of halogens is 6. The summed E-state index contributed by atoms with van der Waals surface area (Å²) >= 11 is 0. The molecule has 1 aromatic carbocycles. The number of nitrogens with zero attached hydrogens (tertiary/aromatic N) is 6. The Balaban J connectivity index is 0.00000186. The zero-order chi connectivity index (χ0) is 27.2. The smallest absolute Gasteiger partial charge is 0.368 e. The summed E-state index contributed by atoms with van der Waals surface area (Å²) in [6.07, 6.45) is -7.96. The van der Waals surface area contributed by atoms with Crippen LogP contribution in [-0.4, -0.2) is 37.7 Å². The Kier molecular flexibility index (Phi) is 8.16. The minimum absolute atomic E-state index is 0.0880. The SMILES string of the molecule is CC.N#Cc1ccc(NCCNc2nc(-c3ccc(C(F)(F)F)cc3)cc3nc(C(F)(F)F)nn23)nc1. The van der Waals surface area contributed by atoms with Gasteiger partial charge >= 0.3 is 12.4 Å². The lowest BCUT2D eigenvalue weighted by Crippen LogP contribution is -2.17. The molecule has 0 radical (unpaired) electrons. The molecule has 14 heteroatoms. The first-order valence-electron chi connectivity index (χ1n) is 10.9. The first kappa shape index (κ1) is 27.2. The normalized spacial score (nSPS) is 11.4. The van der Waals surface area contributed by atoms with Gasteiger partial charge in [0.05, 0.1) is 16.8 Å². The number of rotatable bonds is 6. The molecule has 0 aliphatic rings. The Bertz CT molecular complexity index is 1370. The van der Waals surface area contributed by atoms with Crippen LogP contribution in [0.2, 0.25) is 0 Å². The molecule has 3 aromatic heterocycles. The third kappa shape index (κ3) is 6.63. The van der Waals surface area contributed by atoms with Gasteiger partial charge in [0.25, 0.3) is 5.82 Å². The molecule has 0 atom stereocenters. The predicted molar refractivity (Wildman–Crippen MR) is 124 cm³/mol. The highest BCUT2D eigenvalue weighted by molar-refractivity contribution is 5.66. The number of hydrogen-bond acceptors (Lipinski definition) is 7. The maximum atomic E-state index is 13.2. The minimum atomic E-state index is -4.80. The highest BCUT2D eigenvalue weighted by Crippen LogP contribution is 2.32. The molecule has 37 heavy (non-hydrogen) atoms. The lowest BCUT2D eigenvalue weighted by Gasteiger charge is -2.11. The topological polar surface area (TPSA) is 104 Å². The first-order chi connectivity index (χ1) is 17.5. The van der Waals surface area contributed by atoms with Crippen LogP contribution < -0.4 is 10.6 Å². The lowest BCUT2D eigenvalue weighted by atomic mass is 10.1. The van der Waals surface area contributed by atoms with Crippen LogP contribution in [-0.2, 0) is 12.4 Å². The highest BCUT2D eigenvalue weighted by atomic mass is 19.4. The van der Waals surface area contributed by atoms with E-state index in [1.165, 1.54) is 24.4 Å². The average molecular weight is 522 g/mol. The Morgan fingerprint density at radius 1 is 0.892 bits per heavy atom. The molecule has 0 aliphatic carbocycles. The molecular weight excluding hydrogens is 502 g/mol. The van der Waals surface area contributed by atoms with Gasteiger partial charge in [-0.25, -0.2) is 15.0 Å². The highest BCUT2D eigenvalue weighted by Gasteiger charge is 2.37. The largest absolute Gasteiger partial charge is 0.453 e. The van der Waals surface area contributed by atoms with E-state index in [9.17, 15) is 26.3 Å². The zero-order valence-electron chi connectivity index (χ0n) is 19.5. The van der Waals surface area contributed by atoms with Gasteiger partial charge in [0, 0.05) is 30.9 Å². The number of hydrogen-bond donors (Lipinski definition) is 2. The summed E-state index contributed by atoms with van der Waals surface area (Å²) in [5.74, 6) is -0.996. The summed E-state index contributed by atoms with van der Waals surface area (Å²) < 4.78 is 79.0. The second kappa shape index (κ2) is 11.1. The second-order valence-corrected chi connectivity index (χ2v) is 7.14. The van der Waals surface area contributed by atoms with Crippen LogP contribution in [0.5, 0.6) is 0 Å². The molecule has 0 unspecified atom stereocenters. The molecular formula is C23H20F6N8. The van der Waals surface area contributed by atoms with Crippen molar-refractivity contribution in [2.24, 2.45) is 0 Å². The van der Waals surface area contributed by atoms with Crippen LogP contribution in [0.4, 0.5) is 38.1 Å². The van der Waals surface area contributed by atoms with Crippen molar-refractivity contribution in [1.82, 2.24) is 24.6 Å². The Hall–Kier alpha value is -4.41. The third-order valence-corrected chi connectivity index (χ3v) is 4.69. The second-order valence-electron chi connectivity index (χ2n) is 7.14. The molecule has 0 saturated carbocycles. The van der Waals surface area contributed by atoms with E-state index in [-0.39, 0.29) is 35.9 Å². The maximum Gasteiger partial charge on any atom is 0.453 e. The van der Waals surface area contributed by atoms with Crippen LogP contribution in [0.25, 0.3) is 16.9 Å². The van der Waals surface area contributed by atoms with Gasteiger partial charge in [-0.3, -0.25) is 0 Å². The molecule has 8 nitrogen and oxygen atoms in total. The molecule has 0 saturated heterocycles. The molecule has 0 aliphatic heterocycles. The van der Waals surface area contributed by atoms with Gasteiger partial charge in [-0.2, -0.15) is 36.1 Å². The van der Waals surface area contributed by atoms with Gasteiger partial charge in [-0.1, -0.05) is 26.0 Å². The van der Waals surface area contributed by atoms with E-state index in [1.807, 2.05) is 19.9 Å². The molecule has 2 N–H and O–H groups in total. The number of anilines is 2. The van der Waals surface area contributed by atoms with Gasteiger partial charge < -0.3 is 10.6 Å². The van der Waals surface area contributed by atoms with Crippen molar-refractivity contribution in [3.63, 3.8) is 0 Å². The van der Waals surface area contributed by atoms with E-state index >= 15 is 0 Å². The van der Waals surface area contributed by atoms with Crippen molar-refractivity contribution in [3.8, 4) is 17.3 Å². The monoisotopic (exact) mass is 522 g/mol. The first-order valence-corrected chi connectivity index (χ1v) is 10.9. The summed E-state index contributed by atoms with van der Waals surface area (Å²) in [6, 6.07) is 10.4. The van der Waals surface area contributed by atoms with Gasteiger partial charge in [0.15, 0.2) is 5.65 Å². The summed E-state index contributed by atoms with van der Waals surface area (Å²) in [5.41, 5.74) is -0.319. The van der Waals surface area contributed by atoms with Crippen LogP contribution >= 0.6 is 0 Å². The molecule has 0 fully saturated rings. The van der Waals surface area contributed by atoms with Gasteiger partial charge in [0.1, 0.15) is 11.9 Å². The number of benzene rings is 1. The molecule has 0 amide bonds. The van der Waals surface area contributed by atoms with Crippen LogP contribution in [0.3, 0.4) is 0 Å². The molecule has 0 bridgehead atoms. The van der Waals surface area contributed by atoms with Gasteiger partial charge in [-0.15, -0.1) is 5.10 Å². The fourth-order valence-electron chi connectivity index (χ4n) is 3.03. The number of fused-ring (bicyclic) bond motifs is 1. The predicted octanol–water partition coefficient (Wildman–Crippen LogP) is 5.65. The van der Waals surface area contributed by atoms with Crippen molar-refractivity contribution in [1.29, 1.82) is 5.26 Å². The van der Waals surface area contributed by atoms with E-state index in [1.54, 1.807) is 12.1 Å². The average Bonchev–Trinajstić information content (AvgIpc) is 3.33. The van der Waals surface area contributed by atoms with Crippen molar-refractivity contribution in [2.75, 3.05) is 23.7 Å². The number of alkyl halides is 6. The molecule has 3 heterocycles. The van der Waals surface area contributed by atoms with Crippen molar-refractivity contribution in [3.05, 3.63) is 65.6 Å². The van der Waals surface area contributed by atoms with Crippen molar-refractivity contribution >= 4 is 17.4 Å². The van der Waals surface area contributed by atoms with Gasteiger partial charge in [0.2, 0.25) is 5.95 Å². The van der Waals surface area contributed by atoms with Crippen molar-refractivity contribution < 1.29 is 26.3 Å².